The number of carboxylic acid groups (broad SMARTS) is 1. The van der Waals surface area contributed by atoms with Gasteiger partial charge in [-0.25, -0.2) is 9.59 Å². The molecule has 2 aliphatic heterocycles. The molecular weight excluding hydrogens is 1190 g/mol. The van der Waals surface area contributed by atoms with Crippen molar-refractivity contribution < 1.29 is 72.5 Å². The van der Waals surface area contributed by atoms with Crippen molar-refractivity contribution in [3.8, 4) is 5.75 Å². The molecular formula is C65H98N12O15. The van der Waals surface area contributed by atoms with Gasteiger partial charge in [-0.15, -0.1) is 0 Å². The molecule has 27 heteroatoms. The SMILES string of the molecule is CC[C@H](C)[C@@H]([C@@H](CC(=O)N1CCC[C@H]1C[C@@H](C)C(=O)N[C@@H](Cc1ccccc1)C(=O)N[C@@H](CCCNC(N)=O)C(=O)N[C@@H](CCCCNC(=O)CN1C(=O)C=CC1=O)C(=O)NC(Cc1ccc(O)cc1)C(=O)O)OC)N(C)C(=O)[C@@H](NC(=O)[C@@H](NC)C(C)C)C(C)C. The fourth-order valence-electron chi connectivity index (χ4n) is 11.5. The van der Waals surface area contributed by atoms with Gasteiger partial charge in [-0.3, -0.25) is 52.8 Å². The standard InChI is InChI=1S/C65H98N12O15/c1-11-40(6)57(75(9)63(88)56(39(4)5)74-62(87)55(67-8)38(2)3)50(92-10)36-54(82)76-32-18-21-44(76)33-41(7)58(83)72-48(34-42-19-13-12-14-20-42)61(86)71-47(23-17-31-69-65(66)91)59(84)70-46(22-15-16-30-68-51(79)37-77-52(80)28-29-53(77)81)60(85)73-49(64(89)90)35-43-24-26-45(78)27-25-43/h12-14,19-20,24-29,38-41,44,46-50,55-57,67,78H,11,15-18,21-23,30-37H2,1-10H3,(H,68,79)(H,70,84)(H,71,86)(H,72,83)(H,73,85)(H,74,87)(H,89,90)(H3,66,69,91)/t40-,41+,44-,46-,47-,48-,49?,50+,55-,56-,57-/m0/s1. The molecule has 4 rings (SSSR count). The van der Waals surface area contributed by atoms with Gasteiger partial charge in [-0.2, -0.15) is 0 Å². The van der Waals surface area contributed by atoms with E-state index in [0.29, 0.717) is 36.9 Å². The van der Waals surface area contributed by atoms with Crippen LogP contribution in [-0.4, -0.2) is 198 Å². The number of likely N-dealkylation sites (N-methyl/N-ethyl adjacent to an activating group) is 2. The molecule has 2 heterocycles. The molecule has 92 heavy (non-hydrogen) atoms. The van der Waals surface area contributed by atoms with E-state index in [9.17, 15) is 67.7 Å². The number of aromatic hydroxyl groups is 1. The molecule has 0 radical (unpaired) electrons. The van der Waals surface area contributed by atoms with Crippen LogP contribution in [0.1, 0.15) is 124 Å². The Morgan fingerprint density at radius 3 is 1.78 bits per heavy atom. The number of amides is 12. The van der Waals surface area contributed by atoms with Crippen LogP contribution in [0.15, 0.2) is 66.7 Å². The number of imide groups is 1. The van der Waals surface area contributed by atoms with Gasteiger partial charge in [0.15, 0.2) is 0 Å². The van der Waals surface area contributed by atoms with E-state index in [0.717, 1.165) is 17.1 Å². The fourth-order valence-corrected chi connectivity index (χ4v) is 11.5. The maximum atomic E-state index is 14.7. The number of urea groups is 1. The van der Waals surface area contributed by atoms with Crippen molar-refractivity contribution in [3.63, 3.8) is 0 Å². The molecule has 0 bridgehead atoms. The average molecular weight is 1290 g/mol. The first kappa shape index (κ1) is 76.0. The summed E-state index contributed by atoms with van der Waals surface area (Å²) in [5, 5.41) is 41.9. The van der Waals surface area contributed by atoms with Crippen molar-refractivity contribution in [2.24, 2.45) is 29.4 Å². The lowest BCUT2D eigenvalue weighted by Crippen LogP contribution is -2.59. The van der Waals surface area contributed by atoms with Crippen LogP contribution in [0.25, 0.3) is 0 Å². The number of carbonyl (C=O) groups excluding carboxylic acids is 11. The van der Waals surface area contributed by atoms with Crippen LogP contribution in [0.3, 0.4) is 0 Å². The largest absolute Gasteiger partial charge is 0.508 e. The minimum atomic E-state index is -1.51. The number of carbonyl (C=O) groups is 12. The van der Waals surface area contributed by atoms with Gasteiger partial charge < -0.3 is 73.0 Å². The second-order valence-corrected chi connectivity index (χ2v) is 24.6. The summed E-state index contributed by atoms with van der Waals surface area (Å²) in [6.45, 7) is 13.1. The number of phenolic OH excluding ortho intramolecular Hbond substituents is 1. The highest BCUT2D eigenvalue weighted by atomic mass is 16.5. The second-order valence-electron chi connectivity index (χ2n) is 24.6. The van der Waals surface area contributed by atoms with Crippen LogP contribution in [-0.2, 0) is 70.3 Å². The van der Waals surface area contributed by atoms with E-state index in [1.165, 1.54) is 31.4 Å². The number of aliphatic carboxylic acids is 1. The number of phenols is 1. The molecule has 11 atom stereocenters. The highest BCUT2D eigenvalue weighted by Crippen LogP contribution is 2.29. The summed E-state index contributed by atoms with van der Waals surface area (Å²) in [6.07, 6.45) is 3.30. The van der Waals surface area contributed by atoms with Crippen molar-refractivity contribution in [2.75, 3.05) is 47.4 Å². The Morgan fingerprint density at radius 1 is 0.685 bits per heavy atom. The number of hydrogen-bond acceptors (Lipinski definition) is 15. The van der Waals surface area contributed by atoms with E-state index in [1.807, 2.05) is 41.5 Å². The van der Waals surface area contributed by atoms with Gasteiger partial charge in [0.05, 0.1) is 24.6 Å². The Labute approximate surface area is 539 Å². The number of benzene rings is 2. The molecule has 0 saturated carbocycles. The highest BCUT2D eigenvalue weighted by molar-refractivity contribution is 6.14. The monoisotopic (exact) mass is 1290 g/mol. The van der Waals surface area contributed by atoms with Crippen LogP contribution in [0, 0.1) is 23.7 Å². The topological polar surface area (TPSA) is 387 Å². The summed E-state index contributed by atoms with van der Waals surface area (Å²) in [6, 6.07) is 5.62. The molecule has 27 nitrogen and oxygen atoms in total. The number of likely N-dealkylation sites (tertiary alicyclic amines) is 1. The Hall–Kier alpha value is -8.46. The minimum Gasteiger partial charge on any atom is -0.508 e. The van der Waals surface area contributed by atoms with Crippen molar-refractivity contribution in [1.82, 2.24) is 57.2 Å². The Bertz CT molecular complexity index is 2860. The summed E-state index contributed by atoms with van der Waals surface area (Å²) >= 11 is 0. The molecule has 508 valence electrons. The molecule has 1 fully saturated rings. The summed E-state index contributed by atoms with van der Waals surface area (Å²) in [4.78, 5) is 165. The normalized spacial score (nSPS) is 17.1. The van der Waals surface area contributed by atoms with E-state index < -0.39 is 114 Å². The molecule has 2 aromatic rings. The van der Waals surface area contributed by atoms with Crippen LogP contribution >= 0.6 is 0 Å². The maximum Gasteiger partial charge on any atom is 0.326 e. The first-order valence-corrected chi connectivity index (χ1v) is 31.8. The third kappa shape index (κ3) is 23.7. The van der Waals surface area contributed by atoms with Gasteiger partial charge in [0.25, 0.3) is 11.8 Å². The summed E-state index contributed by atoms with van der Waals surface area (Å²) in [5.41, 5.74) is 6.43. The van der Waals surface area contributed by atoms with Gasteiger partial charge in [0.2, 0.25) is 47.3 Å². The zero-order valence-corrected chi connectivity index (χ0v) is 54.8. The average Bonchev–Trinajstić information content (AvgIpc) is 1.18. The number of nitrogens with two attached hydrogens (primary N) is 1. The maximum absolute atomic E-state index is 14.7. The summed E-state index contributed by atoms with van der Waals surface area (Å²) < 4.78 is 6.06. The smallest absolute Gasteiger partial charge is 0.326 e. The number of ether oxygens (including phenoxy) is 1. The van der Waals surface area contributed by atoms with E-state index in [-0.39, 0.29) is 118 Å². The van der Waals surface area contributed by atoms with Crippen molar-refractivity contribution in [3.05, 3.63) is 77.9 Å². The number of unbranched alkanes of at least 4 members (excludes halogenated alkanes) is 1. The predicted octanol–water partition coefficient (Wildman–Crippen LogP) is 1.54. The Morgan fingerprint density at radius 2 is 1.23 bits per heavy atom. The van der Waals surface area contributed by atoms with Crippen molar-refractivity contribution in [1.29, 1.82) is 0 Å². The lowest BCUT2D eigenvalue weighted by atomic mass is 9.89. The molecule has 2 aromatic carbocycles. The Balaban J connectivity index is 1.55. The zero-order valence-electron chi connectivity index (χ0n) is 54.8. The van der Waals surface area contributed by atoms with Crippen LogP contribution in [0.4, 0.5) is 4.79 Å². The predicted molar refractivity (Wildman–Crippen MR) is 341 cm³/mol. The van der Waals surface area contributed by atoms with Crippen LogP contribution < -0.4 is 48.3 Å². The lowest BCUT2D eigenvalue weighted by Gasteiger charge is -2.40. The summed E-state index contributed by atoms with van der Waals surface area (Å²) in [5.74, 6) is -8.53. The number of nitrogens with one attached hydrogen (secondary N) is 8. The Kier molecular flexibility index (Phi) is 31.2. The second kappa shape index (κ2) is 37.8. The first-order valence-electron chi connectivity index (χ1n) is 31.8. The van der Waals surface area contributed by atoms with E-state index in [4.69, 9.17) is 10.5 Å². The number of methoxy groups -OCH3 is 1. The molecule has 0 aliphatic carbocycles. The molecule has 0 aromatic heterocycles. The molecule has 0 spiro atoms. The van der Waals surface area contributed by atoms with Gasteiger partial charge >= 0.3 is 12.0 Å². The lowest BCUT2D eigenvalue weighted by molar-refractivity contribution is -0.146. The number of hydrogen-bond donors (Lipinski definition) is 11. The highest BCUT2D eigenvalue weighted by Gasteiger charge is 2.41. The fraction of sp³-hybridized carbons (Fsp3) is 0.600. The van der Waals surface area contributed by atoms with E-state index >= 15 is 0 Å². The van der Waals surface area contributed by atoms with E-state index in [1.54, 1.807) is 61.2 Å². The zero-order chi connectivity index (χ0) is 68.4. The van der Waals surface area contributed by atoms with Crippen LogP contribution in [0.5, 0.6) is 5.75 Å². The number of rotatable bonds is 39. The van der Waals surface area contributed by atoms with Gasteiger partial charge in [0.1, 0.15) is 42.5 Å². The van der Waals surface area contributed by atoms with Gasteiger partial charge in [-0.1, -0.05) is 97.4 Å². The third-order valence-electron chi connectivity index (χ3n) is 16.9. The van der Waals surface area contributed by atoms with Gasteiger partial charge in [-0.05, 0) is 99.4 Å². The van der Waals surface area contributed by atoms with Gasteiger partial charge in [0, 0.05) is 70.7 Å². The number of nitrogens with zero attached hydrogens (tertiary/aromatic N) is 3. The first-order chi connectivity index (χ1) is 43.6. The van der Waals surface area contributed by atoms with E-state index in [2.05, 4.69) is 42.5 Å². The molecule has 1 saturated heterocycles. The summed E-state index contributed by atoms with van der Waals surface area (Å²) in [7, 11) is 4.86. The molecule has 12 N–H and O–H groups in total. The van der Waals surface area contributed by atoms with Crippen molar-refractivity contribution >= 4 is 71.1 Å². The van der Waals surface area contributed by atoms with Crippen LogP contribution in [0.2, 0.25) is 0 Å². The quantitative estimate of drug-likeness (QED) is 0.0334. The molecule has 12 amide bonds. The minimum absolute atomic E-state index is 0.0236. The molecule has 2 aliphatic rings. The molecule has 1 unspecified atom stereocenters. The number of primary amides is 1. The third-order valence-corrected chi connectivity index (χ3v) is 16.9. The van der Waals surface area contributed by atoms with Crippen molar-refractivity contribution in [2.45, 2.75) is 180 Å². The number of carboxylic acids is 1.